The van der Waals surface area contributed by atoms with Gasteiger partial charge in [-0.1, -0.05) is 33.1 Å². The Bertz CT molecular complexity index is 199. The van der Waals surface area contributed by atoms with Gasteiger partial charge in [0.2, 0.25) is 0 Å². The smallest absolute Gasteiger partial charge is 0.316 e. The number of carbonyl (C=O) groups is 2. The Morgan fingerprint density at radius 3 is 2.27 bits per heavy atom. The monoisotopic (exact) mass is 214 g/mol. The number of carbonyl (C=O) groups excluding carboxylic acids is 2. The molecule has 0 bridgehead atoms. The molecule has 0 spiro atoms. The van der Waals surface area contributed by atoms with Crippen molar-refractivity contribution < 1.29 is 14.3 Å². The summed E-state index contributed by atoms with van der Waals surface area (Å²) < 4.78 is 4.90. The van der Waals surface area contributed by atoms with Crippen LogP contribution in [-0.4, -0.2) is 18.4 Å². The summed E-state index contributed by atoms with van der Waals surface area (Å²) in [7, 11) is 0. The van der Waals surface area contributed by atoms with E-state index in [0.717, 1.165) is 19.3 Å². The van der Waals surface area contributed by atoms with Gasteiger partial charge in [-0.25, -0.2) is 0 Å². The van der Waals surface area contributed by atoms with Crippen molar-refractivity contribution in [1.82, 2.24) is 0 Å². The molecule has 0 N–H and O–H groups in total. The summed E-state index contributed by atoms with van der Waals surface area (Å²) in [5, 5.41) is 0. The average molecular weight is 214 g/mol. The van der Waals surface area contributed by atoms with Crippen LogP contribution in [0.2, 0.25) is 0 Å². The minimum atomic E-state index is -0.526. The first-order valence-corrected chi connectivity index (χ1v) is 5.86. The zero-order valence-electron chi connectivity index (χ0n) is 10.0. The van der Waals surface area contributed by atoms with Gasteiger partial charge < -0.3 is 4.74 Å². The highest BCUT2D eigenvalue weighted by atomic mass is 16.5. The van der Waals surface area contributed by atoms with Crippen molar-refractivity contribution in [2.75, 3.05) is 6.61 Å². The maximum absolute atomic E-state index is 11.5. The fourth-order valence-electron chi connectivity index (χ4n) is 1.50. The fourth-order valence-corrected chi connectivity index (χ4v) is 1.50. The molecule has 3 nitrogen and oxygen atoms in total. The maximum Gasteiger partial charge on any atom is 0.316 e. The van der Waals surface area contributed by atoms with Gasteiger partial charge in [0, 0.05) is 6.42 Å². The van der Waals surface area contributed by atoms with Gasteiger partial charge in [0.25, 0.3) is 0 Å². The molecule has 0 saturated heterocycles. The fraction of sp³-hybridized carbons (Fsp3) is 0.833. The Morgan fingerprint density at radius 1 is 1.13 bits per heavy atom. The third-order valence-corrected chi connectivity index (χ3v) is 2.40. The molecule has 0 aromatic rings. The maximum atomic E-state index is 11.5. The molecule has 0 aromatic carbocycles. The van der Waals surface area contributed by atoms with E-state index >= 15 is 0 Å². The van der Waals surface area contributed by atoms with Gasteiger partial charge in [0.15, 0.2) is 0 Å². The van der Waals surface area contributed by atoms with Crippen molar-refractivity contribution in [3.05, 3.63) is 0 Å². The number of rotatable bonds is 8. The van der Waals surface area contributed by atoms with Gasteiger partial charge in [-0.3, -0.25) is 9.59 Å². The minimum Gasteiger partial charge on any atom is -0.465 e. The van der Waals surface area contributed by atoms with Crippen molar-refractivity contribution in [3.8, 4) is 0 Å². The van der Waals surface area contributed by atoms with Crippen LogP contribution in [-0.2, 0) is 14.3 Å². The number of esters is 1. The summed E-state index contributed by atoms with van der Waals surface area (Å²) in [6, 6.07) is 0. The summed E-state index contributed by atoms with van der Waals surface area (Å²) in [5.41, 5.74) is 0. The molecule has 1 unspecified atom stereocenters. The summed E-state index contributed by atoms with van der Waals surface area (Å²) >= 11 is 0. The van der Waals surface area contributed by atoms with Gasteiger partial charge in [-0.05, 0) is 13.3 Å². The summed E-state index contributed by atoms with van der Waals surface area (Å²) in [5.74, 6) is -0.869. The number of hydrogen-bond acceptors (Lipinski definition) is 3. The molecule has 3 heteroatoms. The lowest BCUT2D eigenvalue weighted by molar-refractivity contribution is -0.151. The molecule has 0 saturated carbocycles. The highest BCUT2D eigenvalue weighted by Gasteiger charge is 2.25. The Balaban J connectivity index is 4.17. The van der Waals surface area contributed by atoms with E-state index < -0.39 is 5.92 Å². The summed E-state index contributed by atoms with van der Waals surface area (Å²) in [6.45, 7) is 5.99. The van der Waals surface area contributed by atoms with Crippen LogP contribution in [0.3, 0.4) is 0 Å². The third-order valence-electron chi connectivity index (χ3n) is 2.40. The van der Waals surface area contributed by atoms with Crippen LogP contribution in [0.15, 0.2) is 0 Å². The normalized spacial score (nSPS) is 12.2. The van der Waals surface area contributed by atoms with Crippen LogP contribution in [0.4, 0.5) is 0 Å². The lowest BCUT2D eigenvalue weighted by atomic mass is 9.95. The quantitative estimate of drug-likeness (QED) is 0.354. The first-order chi connectivity index (χ1) is 7.17. The highest BCUT2D eigenvalue weighted by molar-refractivity contribution is 5.98. The first-order valence-electron chi connectivity index (χ1n) is 5.86. The van der Waals surface area contributed by atoms with Crippen LogP contribution in [0.5, 0.6) is 0 Å². The molecule has 0 fully saturated rings. The molecule has 88 valence electrons. The topological polar surface area (TPSA) is 43.4 Å². The molecular formula is C12H22O3. The second-order valence-corrected chi connectivity index (χ2v) is 3.62. The molecule has 0 amide bonds. The van der Waals surface area contributed by atoms with Crippen molar-refractivity contribution in [2.45, 2.75) is 52.9 Å². The highest BCUT2D eigenvalue weighted by Crippen LogP contribution is 2.14. The Kier molecular flexibility index (Phi) is 7.96. The number of hydrogen-bond donors (Lipinski definition) is 0. The van der Waals surface area contributed by atoms with Crippen molar-refractivity contribution in [3.63, 3.8) is 0 Å². The minimum absolute atomic E-state index is 0.00422. The Labute approximate surface area is 92.2 Å². The van der Waals surface area contributed by atoms with Gasteiger partial charge in [-0.2, -0.15) is 0 Å². The van der Waals surface area contributed by atoms with Crippen LogP contribution in [0, 0.1) is 5.92 Å². The van der Waals surface area contributed by atoms with E-state index in [2.05, 4.69) is 6.92 Å². The average Bonchev–Trinajstić information content (AvgIpc) is 2.23. The Hall–Kier alpha value is -0.860. The van der Waals surface area contributed by atoms with Crippen molar-refractivity contribution in [2.24, 2.45) is 5.92 Å². The zero-order valence-corrected chi connectivity index (χ0v) is 10.0. The standard InChI is InChI=1S/C12H22O3/c1-4-7-8-9-10(11(13)5-2)12(14)15-6-3/h10H,4-9H2,1-3H3. The number of ketones is 1. The molecule has 0 aliphatic rings. The summed E-state index contributed by atoms with van der Waals surface area (Å²) in [4.78, 5) is 23.0. The number of Topliss-reactive ketones (excluding diaryl/α,β-unsaturated/α-hetero) is 1. The lowest BCUT2D eigenvalue weighted by Crippen LogP contribution is -2.25. The number of unbranched alkanes of at least 4 members (excludes halogenated alkanes) is 2. The Morgan fingerprint density at radius 2 is 1.80 bits per heavy atom. The third kappa shape index (κ3) is 5.55. The zero-order chi connectivity index (χ0) is 11.7. The van der Waals surface area contributed by atoms with Gasteiger partial charge in [-0.15, -0.1) is 0 Å². The molecule has 0 heterocycles. The van der Waals surface area contributed by atoms with Gasteiger partial charge in [0.1, 0.15) is 11.7 Å². The van der Waals surface area contributed by atoms with Crippen LogP contribution < -0.4 is 0 Å². The van der Waals surface area contributed by atoms with E-state index in [4.69, 9.17) is 4.74 Å². The molecule has 0 radical (unpaired) electrons. The van der Waals surface area contributed by atoms with E-state index in [0.29, 0.717) is 19.4 Å². The van der Waals surface area contributed by atoms with Gasteiger partial charge >= 0.3 is 5.97 Å². The predicted molar refractivity (Wildman–Crippen MR) is 59.6 cm³/mol. The van der Waals surface area contributed by atoms with E-state index in [1.807, 2.05) is 0 Å². The number of ether oxygens (including phenoxy) is 1. The van der Waals surface area contributed by atoms with E-state index in [1.54, 1.807) is 13.8 Å². The molecule has 0 aliphatic heterocycles. The summed E-state index contributed by atoms with van der Waals surface area (Å²) in [6.07, 6.45) is 4.13. The molecule has 0 aromatic heterocycles. The molecule has 15 heavy (non-hydrogen) atoms. The molecule has 0 aliphatic carbocycles. The van der Waals surface area contributed by atoms with Crippen molar-refractivity contribution in [1.29, 1.82) is 0 Å². The van der Waals surface area contributed by atoms with E-state index in [9.17, 15) is 9.59 Å². The SMILES string of the molecule is CCCCCC(C(=O)CC)C(=O)OCC. The second-order valence-electron chi connectivity index (χ2n) is 3.62. The van der Waals surface area contributed by atoms with Crippen LogP contribution in [0.1, 0.15) is 52.9 Å². The molecular weight excluding hydrogens is 192 g/mol. The van der Waals surface area contributed by atoms with Crippen LogP contribution >= 0.6 is 0 Å². The van der Waals surface area contributed by atoms with Crippen LogP contribution in [0.25, 0.3) is 0 Å². The van der Waals surface area contributed by atoms with Crippen molar-refractivity contribution >= 4 is 11.8 Å². The van der Waals surface area contributed by atoms with Gasteiger partial charge in [0.05, 0.1) is 6.61 Å². The molecule has 1 atom stereocenters. The van der Waals surface area contributed by atoms with E-state index in [1.165, 1.54) is 0 Å². The molecule has 0 rings (SSSR count). The second kappa shape index (κ2) is 8.45. The largest absolute Gasteiger partial charge is 0.465 e. The van der Waals surface area contributed by atoms with E-state index in [-0.39, 0.29) is 11.8 Å². The first kappa shape index (κ1) is 14.1. The lowest BCUT2D eigenvalue weighted by Gasteiger charge is -2.13. The predicted octanol–water partition coefficient (Wildman–Crippen LogP) is 2.73.